The molecular weight excluding hydrogens is 193 g/mol. The maximum Gasteiger partial charge on any atom is 0.115 e. The van der Waals surface area contributed by atoms with Crippen molar-refractivity contribution in [3.63, 3.8) is 0 Å². The van der Waals surface area contributed by atoms with Crippen LogP contribution in [0, 0.1) is 0 Å². The number of likely N-dealkylation sites (tertiary alicyclic amines) is 1. The van der Waals surface area contributed by atoms with Crippen molar-refractivity contribution in [2.45, 2.75) is 25.2 Å². The molecule has 0 aliphatic carbocycles. The Morgan fingerprint density at radius 2 is 2.00 bits per heavy atom. The molecule has 1 aliphatic rings. The molecule has 3 heteroatoms. The third-order valence-corrected chi connectivity index (χ3v) is 2.70. The zero-order valence-corrected chi connectivity index (χ0v) is 8.64. The molecule has 1 aliphatic heterocycles. The predicted octanol–water partition coefficient (Wildman–Crippen LogP) is 1.59. The van der Waals surface area contributed by atoms with Gasteiger partial charge in [0.2, 0.25) is 0 Å². The predicted molar refractivity (Wildman–Crippen MR) is 57.2 cm³/mol. The Balaban J connectivity index is 1.94. The molecule has 1 aromatic carbocycles. The summed E-state index contributed by atoms with van der Waals surface area (Å²) in [5.74, 6) is 0. The fraction of sp³-hybridized carbons (Fsp3) is 0.500. The van der Waals surface area contributed by atoms with Gasteiger partial charge in [-0.3, -0.25) is 4.90 Å². The van der Waals surface area contributed by atoms with E-state index in [2.05, 4.69) is 0 Å². The van der Waals surface area contributed by atoms with E-state index >= 15 is 0 Å². The van der Waals surface area contributed by atoms with Crippen molar-refractivity contribution in [2.75, 3.05) is 13.1 Å². The first kappa shape index (κ1) is 10.6. The Hall–Kier alpha value is -0.930. The number of benzene rings is 1. The van der Waals surface area contributed by atoms with Crippen LogP contribution in [0.1, 0.15) is 12.0 Å². The fourth-order valence-corrected chi connectivity index (χ4v) is 2.07. The van der Waals surface area contributed by atoms with E-state index in [1.807, 2.05) is 35.2 Å². The van der Waals surface area contributed by atoms with Gasteiger partial charge in [-0.25, -0.2) is 4.39 Å². The molecule has 15 heavy (non-hydrogen) atoms. The van der Waals surface area contributed by atoms with Crippen molar-refractivity contribution in [3.8, 4) is 0 Å². The van der Waals surface area contributed by atoms with Gasteiger partial charge in [0.15, 0.2) is 0 Å². The van der Waals surface area contributed by atoms with Crippen molar-refractivity contribution in [1.82, 2.24) is 4.90 Å². The molecule has 82 valence electrons. The first-order valence-electron chi connectivity index (χ1n) is 5.32. The van der Waals surface area contributed by atoms with Crippen molar-refractivity contribution in [2.24, 2.45) is 0 Å². The van der Waals surface area contributed by atoms with Crippen molar-refractivity contribution >= 4 is 0 Å². The molecule has 1 saturated heterocycles. The Morgan fingerprint density at radius 1 is 1.27 bits per heavy atom. The molecule has 2 nitrogen and oxygen atoms in total. The first-order valence-corrected chi connectivity index (χ1v) is 5.32. The molecule has 0 radical (unpaired) electrons. The Morgan fingerprint density at radius 3 is 2.67 bits per heavy atom. The van der Waals surface area contributed by atoms with Crippen molar-refractivity contribution in [3.05, 3.63) is 35.9 Å². The van der Waals surface area contributed by atoms with E-state index in [-0.39, 0.29) is 6.42 Å². The van der Waals surface area contributed by atoms with E-state index in [9.17, 15) is 9.50 Å². The van der Waals surface area contributed by atoms with E-state index in [4.69, 9.17) is 0 Å². The first-order chi connectivity index (χ1) is 7.24. The molecule has 0 bridgehead atoms. The van der Waals surface area contributed by atoms with E-state index in [1.165, 1.54) is 5.56 Å². The Labute approximate surface area is 89.3 Å². The maximum atomic E-state index is 13.2. The Bertz CT molecular complexity index is 294. The number of halogens is 1. The number of aliphatic hydroxyl groups is 1. The fourth-order valence-electron chi connectivity index (χ4n) is 2.07. The summed E-state index contributed by atoms with van der Waals surface area (Å²) in [6.45, 7) is 1.74. The third-order valence-electron chi connectivity index (χ3n) is 2.70. The molecule has 0 saturated carbocycles. The molecule has 2 rings (SSSR count). The highest BCUT2D eigenvalue weighted by molar-refractivity contribution is 5.14. The van der Waals surface area contributed by atoms with Gasteiger partial charge in [0, 0.05) is 26.1 Å². The number of alkyl halides is 1. The summed E-state index contributed by atoms with van der Waals surface area (Å²) in [5, 5.41) is 9.45. The van der Waals surface area contributed by atoms with E-state index in [1.54, 1.807) is 0 Å². The zero-order chi connectivity index (χ0) is 10.7. The van der Waals surface area contributed by atoms with Crippen LogP contribution in [-0.2, 0) is 6.54 Å². The van der Waals surface area contributed by atoms with Crippen LogP contribution in [0.4, 0.5) is 4.39 Å². The quantitative estimate of drug-likeness (QED) is 0.799. The lowest BCUT2D eigenvalue weighted by molar-refractivity contribution is 0.0227. The van der Waals surface area contributed by atoms with Gasteiger partial charge in [-0.15, -0.1) is 0 Å². The number of piperidine rings is 1. The van der Waals surface area contributed by atoms with Gasteiger partial charge in [-0.2, -0.15) is 0 Å². The Kier molecular flexibility index (Phi) is 3.34. The zero-order valence-electron chi connectivity index (χ0n) is 8.64. The second-order valence-electron chi connectivity index (χ2n) is 4.17. The molecule has 1 heterocycles. The lowest BCUT2D eigenvalue weighted by Crippen LogP contribution is -2.43. The summed E-state index contributed by atoms with van der Waals surface area (Å²) in [6.07, 6.45) is -1.12. The monoisotopic (exact) mass is 209 g/mol. The summed E-state index contributed by atoms with van der Waals surface area (Å²) in [5.41, 5.74) is 1.17. The standard InChI is InChI=1S/C12H16FNO/c13-11-6-12(15)9-14(8-11)7-10-4-2-1-3-5-10/h1-5,11-12,15H,6-9H2/t11?,12-/m1/s1. The highest BCUT2D eigenvalue weighted by Gasteiger charge is 2.25. The van der Waals surface area contributed by atoms with Crippen LogP contribution in [0.15, 0.2) is 30.3 Å². The van der Waals surface area contributed by atoms with E-state index in [0.717, 1.165) is 6.54 Å². The largest absolute Gasteiger partial charge is 0.392 e. The molecule has 0 aromatic heterocycles. The van der Waals surface area contributed by atoms with E-state index in [0.29, 0.717) is 13.1 Å². The maximum absolute atomic E-state index is 13.2. The smallest absolute Gasteiger partial charge is 0.115 e. The molecule has 0 spiro atoms. The van der Waals surface area contributed by atoms with Gasteiger partial charge in [0.05, 0.1) is 6.10 Å². The van der Waals surface area contributed by atoms with Crippen molar-refractivity contribution < 1.29 is 9.50 Å². The molecule has 1 unspecified atom stereocenters. The second kappa shape index (κ2) is 4.73. The van der Waals surface area contributed by atoms with Gasteiger partial charge in [-0.1, -0.05) is 30.3 Å². The summed E-state index contributed by atoms with van der Waals surface area (Å²) in [7, 11) is 0. The average molecular weight is 209 g/mol. The van der Waals surface area contributed by atoms with E-state index < -0.39 is 12.3 Å². The molecule has 2 atom stereocenters. The van der Waals surface area contributed by atoms with Crippen LogP contribution >= 0.6 is 0 Å². The summed E-state index contributed by atoms with van der Waals surface area (Å²) in [6, 6.07) is 9.96. The highest BCUT2D eigenvalue weighted by atomic mass is 19.1. The SMILES string of the molecule is O[C@@H]1CC(F)CN(Cc2ccccc2)C1. The van der Waals surface area contributed by atoms with Crippen molar-refractivity contribution in [1.29, 1.82) is 0 Å². The normalized spacial score (nSPS) is 27.9. The molecule has 1 N–H and O–H groups in total. The molecule has 1 aromatic rings. The summed E-state index contributed by atoms with van der Waals surface area (Å²) in [4.78, 5) is 1.97. The number of hydrogen-bond acceptors (Lipinski definition) is 2. The number of hydrogen-bond donors (Lipinski definition) is 1. The summed E-state index contributed by atoms with van der Waals surface area (Å²) >= 11 is 0. The second-order valence-corrected chi connectivity index (χ2v) is 4.17. The number of aliphatic hydroxyl groups excluding tert-OH is 1. The van der Waals surface area contributed by atoms with Gasteiger partial charge >= 0.3 is 0 Å². The lowest BCUT2D eigenvalue weighted by Gasteiger charge is -2.32. The van der Waals surface area contributed by atoms with Crippen LogP contribution in [0.2, 0.25) is 0 Å². The minimum atomic E-state index is -0.891. The topological polar surface area (TPSA) is 23.5 Å². The van der Waals surface area contributed by atoms with Gasteiger partial charge in [0.1, 0.15) is 6.17 Å². The molecular formula is C12H16FNO. The third kappa shape index (κ3) is 3.01. The van der Waals surface area contributed by atoms with Crippen LogP contribution in [0.25, 0.3) is 0 Å². The van der Waals surface area contributed by atoms with Crippen LogP contribution in [0.5, 0.6) is 0 Å². The molecule has 1 fully saturated rings. The lowest BCUT2D eigenvalue weighted by atomic mass is 10.1. The van der Waals surface area contributed by atoms with Gasteiger partial charge in [0.25, 0.3) is 0 Å². The van der Waals surface area contributed by atoms with Gasteiger partial charge < -0.3 is 5.11 Å². The van der Waals surface area contributed by atoms with Crippen LogP contribution in [0.3, 0.4) is 0 Å². The highest BCUT2D eigenvalue weighted by Crippen LogP contribution is 2.16. The summed E-state index contributed by atoms with van der Waals surface area (Å²) < 4.78 is 13.2. The number of nitrogens with zero attached hydrogens (tertiary/aromatic N) is 1. The minimum absolute atomic E-state index is 0.283. The number of rotatable bonds is 2. The van der Waals surface area contributed by atoms with Crippen LogP contribution in [-0.4, -0.2) is 35.4 Å². The average Bonchev–Trinajstić information content (AvgIpc) is 2.17. The van der Waals surface area contributed by atoms with Gasteiger partial charge in [-0.05, 0) is 5.56 Å². The number of β-amino-alcohol motifs (C(OH)–C–C–N with tert-alkyl or cyclic N) is 1. The minimum Gasteiger partial charge on any atom is -0.392 e. The molecule has 0 amide bonds. The van der Waals surface area contributed by atoms with Crippen LogP contribution < -0.4 is 0 Å².